The molecule has 2 aromatic carbocycles. The first-order chi connectivity index (χ1) is 9.74. The molecule has 0 spiro atoms. The van der Waals surface area contributed by atoms with Crippen molar-refractivity contribution in [1.82, 2.24) is 9.97 Å². The largest absolute Gasteiger partial charge is 0.508 e. The van der Waals surface area contributed by atoms with Crippen LogP contribution in [-0.2, 0) is 0 Å². The molecule has 0 amide bonds. The number of phenols is 1. The maximum Gasteiger partial charge on any atom is 0.120 e. The molecule has 4 heteroatoms. The number of hydrogen-bond acceptors (Lipinski definition) is 4. The van der Waals surface area contributed by atoms with Gasteiger partial charge in [0.05, 0.1) is 17.1 Å². The molecule has 0 aliphatic heterocycles. The Bertz CT molecular complexity index is 742. The molecule has 3 rings (SSSR count). The van der Waals surface area contributed by atoms with E-state index in [1.54, 1.807) is 18.5 Å². The highest BCUT2D eigenvalue weighted by molar-refractivity contribution is 5.78. The van der Waals surface area contributed by atoms with Crippen molar-refractivity contribution >= 4 is 16.7 Å². The quantitative estimate of drug-likeness (QED) is 0.761. The summed E-state index contributed by atoms with van der Waals surface area (Å²) < 4.78 is 0. The van der Waals surface area contributed by atoms with Crippen LogP contribution in [0.1, 0.15) is 18.5 Å². The number of nitrogens with one attached hydrogen (secondary N) is 1. The van der Waals surface area contributed by atoms with E-state index in [4.69, 9.17) is 0 Å². The number of aromatic hydroxyl groups is 1. The molecular weight excluding hydrogens is 250 g/mol. The predicted molar refractivity (Wildman–Crippen MR) is 79.7 cm³/mol. The fourth-order valence-electron chi connectivity index (χ4n) is 2.23. The summed E-state index contributed by atoms with van der Waals surface area (Å²) in [4.78, 5) is 8.53. The van der Waals surface area contributed by atoms with E-state index in [-0.39, 0.29) is 6.04 Å². The summed E-state index contributed by atoms with van der Waals surface area (Å²) in [7, 11) is 0. The van der Waals surface area contributed by atoms with Gasteiger partial charge in [-0.05, 0) is 31.2 Å². The number of benzene rings is 2. The van der Waals surface area contributed by atoms with Crippen molar-refractivity contribution in [1.29, 1.82) is 0 Å². The Morgan fingerprint density at radius 1 is 1.00 bits per heavy atom. The van der Waals surface area contributed by atoms with E-state index in [9.17, 15) is 5.11 Å². The molecule has 2 N–H and O–H groups in total. The van der Waals surface area contributed by atoms with Crippen molar-refractivity contribution in [2.75, 3.05) is 5.32 Å². The summed E-state index contributed by atoms with van der Waals surface area (Å²) >= 11 is 0. The zero-order valence-corrected chi connectivity index (χ0v) is 11.1. The minimum atomic E-state index is 0.00493. The first-order valence-corrected chi connectivity index (χ1v) is 6.49. The Morgan fingerprint density at radius 2 is 1.75 bits per heavy atom. The van der Waals surface area contributed by atoms with Gasteiger partial charge in [0.15, 0.2) is 0 Å². The average Bonchev–Trinajstić information content (AvgIpc) is 2.47. The predicted octanol–water partition coefficient (Wildman–Crippen LogP) is 3.51. The maximum atomic E-state index is 9.87. The molecular formula is C16H15N3O. The molecule has 1 unspecified atom stereocenters. The van der Waals surface area contributed by atoms with E-state index in [0.29, 0.717) is 5.75 Å². The smallest absolute Gasteiger partial charge is 0.120 e. The van der Waals surface area contributed by atoms with Crippen molar-refractivity contribution in [2.24, 2.45) is 0 Å². The first-order valence-electron chi connectivity index (χ1n) is 6.49. The van der Waals surface area contributed by atoms with E-state index < -0.39 is 0 Å². The highest BCUT2D eigenvalue weighted by atomic mass is 16.3. The van der Waals surface area contributed by atoms with Gasteiger partial charge in [0.2, 0.25) is 0 Å². The highest BCUT2D eigenvalue weighted by Gasteiger charge is 2.09. The van der Waals surface area contributed by atoms with E-state index in [1.807, 2.05) is 43.3 Å². The van der Waals surface area contributed by atoms with Gasteiger partial charge in [-0.1, -0.05) is 18.2 Å². The monoisotopic (exact) mass is 265 g/mol. The molecule has 0 bridgehead atoms. The van der Waals surface area contributed by atoms with Crippen LogP contribution in [0, 0.1) is 0 Å². The van der Waals surface area contributed by atoms with Crippen molar-refractivity contribution in [3.8, 4) is 5.75 Å². The van der Waals surface area contributed by atoms with Gasteiger partial charge in [-0.2, -0.15) is 0 Å². The molecule has 100 valence electrons. The topological polar surface area (TPSA) is 58.0 Å². The normalized spacial score (nSPS) is 12.2. The van der Waals surface area contributed by atoms with E-state index in [1.165, 1.54) is 0 Å². The fourth-order valence-corrected chi connectivity index (χ4v) is 2.23. The zero-order chi connectivity index (χ0) is 13.9. The maximum absolute atomic E-state index is 9.87. The van der Waals surface area contributed by atoms with Crippen molar-refractivity contribution in [3.05, 3.63) is 60.4 Å². The van der Waals surface area contributed by atoms with Gasteiger partial charge in [-0.15, -0.1) is 0 Å². The van der Waals surface area contributed by atoms with Gasteiger partial charge in [0.25, 0.3) is 0 Å². The summed E-state index contributed by atoms with van der Waals surface area (Å²) in [6, 6.07) is 13.2. The standard InChI is InChI=1S/C16H15N3O/c1-11(13-4-2-3-5-16(13)20)19-12-6-7-14-15(10-12)18-9-8-17-14/h2-11,19-20H,1H3. The third-order valence-corrected chi connectivity index (χ3v) is 3.26. The van der Waals surface area contributed by atoms with Crippen LogP contribution in [0.15, 0.2) is 54.9 Å². The molecule has 3 aromatic rings. The molecule has 0 saturated carbocycles. The van der Waals surface area contributed by atoms with Crippen molar-refractivity contribution in [3.63, 3.8) is 0 Å². The number of fused-ring (bicyclic) bond motifs is 1. The molecule has 1 heterocycles. The molecule has 4 nitrogen and oxygen atoms in total. The van der Waals surface area contributed by atoms with Gasteiger partial charge >= 0.3 is 0 Å². The van der Waals surface area contributed by atoms with Crippen LogP contribution in [0.3, 0.4) is 0 Å². The van der Waals surface area contributed by atoms with E-state index >= 15 is 0 Å². The number of hydrogen-bond donors (Lipinski definition) is 2. The summed E-state index contributed by atoms with van der Waals surface area (Å²) in [5.41, 5.74) is 3.54. The summed E-state index contributed by atoms with van der Waals surface area (Å²) in [6.45, 7) is 2.01. The second-order valence-corrected chi connectivity index (χ2v) is 4.68. The van der Waals surface area contributed by atoms with Crippen LogP contribution in [-0.4, -0.2) is 15.1 Å². The molecule has 0 saturated heterocycles. The second kappa shape index (κ2) is 5.17. The summed E-state index contributed by atoms with van der Waals surface area (Å²) in [5, 5.41) is 13.2. The van der Waals surface area contributed by atoms with Crippen LogP contribution in [0.5, 0.6) is 5.75 Å². The molecule has 1 aromatic heterocycles. The lowest BCUT2D eigenvalue weighted by molar-refractivity contribution is 0.465. The molecule has 0 fully saturated rings. The molecule has 0 aliphatic rings. The number of rotatable bonds is 3. The molecule has 1 atom stereocenters. The Balaban J connectivity index is 1.87. The fraction of sp³-hybridized carbons (Fsp3) is 0.125. The number of aromatic nitrogens is 2. The number of phenolic OH excluding ortho intramolecular Hbond substituents is 1. The molecule has 0 radical (unpaired) electrons. The highest BCUT2D eigenvalue weighted by Crippen LogP contribution is 2.27. The summed E-state index contributed by atoms with van der Waals surface area (Å²) in [5.74, 6) is 0.299. The van der Waals surface area contributed by atoms with Crippen LogP contribution in [0.25, 0.3) is 11.0 Å². The average molecular weight is 265 g/mol. The zero-order valence-electron chi connectivity index (χ0n) is 11.1. The third-order valence-electron chi connectivity index (χ3n) is 3.26. The second-order valence-electron chi connectivity index (χ2n) is 4.68. The van der Waals surface area contributed by atoms with Gasteiger partial charge in [-0.3, -0.25) is 9.97 Å². The van der Waals surface area contributed by atoms with Gasteiger partial charge in [0, 0.05) is 23.6 Å². The van der Waals surface area contributed by atoms with Gasteiger partial charge < -0.3 is 10.4 Å². The Labute approximate surface area is 117 Å². The third kappa shape index (κ3) is 2.40. The molecule has 0 aliphatic carbocycles. The lowest BCUT2D eigenvalue weighted by Gasteiger charge is -2.17. The van der Waals surface area contributed by atoms with Crippen LogP contribution in [0.4, 0.5) is 5.69 Å². The Kier molecular flexibility index (Phi) is 3.21. The van der Waals surface area contributed by atoms with Gasteiger partial charge in [0.1, 0.15) is 5.75 Å². The van der Waals surface area contributed by atoms with E-state index in [0.717, 1.165) is 22.3 Å². The van der Waals surface area contributed by atoms with Crippen LogP contribution < -0.4 is 5.32 Å². The van der Waals surface area contributed by atoms with Crippen molar-refractivity contribution < 1.29 is 5.11 Å². The summed E-state index contributed by atoms with van der Waals surface area (Å²) in [6.07, 6.45) is 3.36. The lowest BCUT2D eigenvalue weighted by atomic mass is 10.1. The Hall–Kier alpha value is -2.62. The minimum Gasteiger partial charge on any atom is -0.508 e. The first kappa shape index (κ1) is 12.4. The van der Waals surface area contributed by atoms with Gasteiger partial charge in [-0.25, -0.2) is 0 Å². The lowest BCUT2D eigenvalue weighted by Crippen LogP contribution is -2.06. The molecule has 20 heavy (non-hydrogen) atoms. The number of nitrogens with zero attached hydrogens (tertiary/aromatic N) is 2. The number of anilines is 1. The van der Waals surface area contributed by atoms with E-state index in [2.05, 4.69) is 15.3 Å². The number of para-hydroxylation sites is 1. The Morgan fingerprint density at radius 3 is 2.55 bits per heavy atom. The van der Waals surface area contributed by atoms with Crippen LogP contribution in [0.2, 0.25) is 0 Å². The van der Waals surface area contributed by atoms with Crippen molar-refractivity contribution in [2.45, 2.75) is 13.0 Å². The minimum absolute atomic E-state index is 0.00493. The SMILES string of the molecule is CC(Nc1ccc2nccnc2c1)c1ccccc1O. The van der Waals surface area contributed by atoms with Crippen LogP contribution >= 0.6 is 0 Å².